The largest absolute Gasteiger partial charge is 0.328 e. The molecule has 0 amide bonds. The SMILES string of the molecule is CCCCCCCCN=c1c2ccccc2n(C)c2nc(-c3ccccc3)[nH]c(=O)c12. The molecule has 0 saturated carbocycles. The summed E-state index contributed by atoms with van der Waals surface area (Å²) < 4.78 is 2.00. The number of aromatic amines is 1. The molecule has 0 atom stereocenters. The number of aromatic nitrogens is 3. The zero-order valence-electron chi connectivity index (χ0n) is 18.4. The lowest BCUT2D eigenvalue weighted by molar-refractivity contribution is 0.610. The first-order valence-electron chi connectivity index (χ1n) is 11.3. The van der Waals surface area contributed by atoms with Crippen molar-refractivity contribution in [3.8, 4) is 11.4 Å². The standard InChI is InChI=1S/C26H30N4O/c1-3-4-5-6-7-13-18-27-23-20-16-11-12-17-21(20)30(2)25-22(23)26(31)29-24(28-25)19-14-9-8-10-15-19/h8-12,14-17H,3-7,13,18H2,1-2H3,(H,28,29,31). The summed E-state index contributed by atoms with van der Waals surface area (Å²) in [7, 11) is 1.96. The Morgan fingerprint density at radius 3 is 2.45 bits per heavy atom. The van der Waals surface area contributed by atoms with E-state index >= 15 is 0 Å². The molecule has 160 valence electrons. The molecule has 2 heterocycles. The van der Waals surface area contributed by atoms with Gasteiger partial charge in [0.1, 0.15) is 16.9 Å². The van der Waals surface area contributed by atoms with Crippen LogP contribution in [-0.2, 0) is 7.05 Å². The Morgan fingerprint density at radius 2 is 1.65 bits per heavy atom. The van der Waals surface area contributed by atoms with Gasteiger partial charge in [0.2, 0.25) is 0 Å². The van der Waals surface area contributed by atoms with Gasteiger partial charge in [0.05, 0.1) is 10.9 Å². The van der Waals surface area contributed by atoms with Gasteiger partial charge in [-0.05, 0) is 12.5 Å². The molecular weight excluding hydrogens is 384 g/mol. The minimum atomic E-state index is -0.146. The summed E-state index contributed by atoms with van der Waals surface area (Å²) in [5.41, 5.74) is 2.42. The second-order valence-corrected chi connectivity index (χ2v) is 8.05. The summed E-state index contributed by atoms with van der Waals surface area (Å²) in [5, 5.41) is 2.31. The second kappa shape index (κ2) is 9.73. The zero-order valence-corrected chi connectivity index (χ0v) is 18.4. The molecule has 5 heteroatoms. The minimum Gasteiger partial charge on any atom is -0.328 e. The number of pyridine rings is 1. The van der Waals surface area contributed by atoms with Crippen molar-refractivity contribution in [1.29, 1.82) is 0 Å². The van der Waals surface area contributed by atoms with E-state index in [9.17, 15) is 4.79 Å². The maximum atomic E-state index is 13.2. The molecule has 0 fully saturated rings. The van der Waals surface area contributed by atoms with Gasteiger partial charge in [-0.25, -0.2) is 4.98 Å². The van der Waals surface area contributed by atoms with E-state index in [1.165, 1.54) is 32.1 Å². The van der Waals surface area contributed by atoms with Gasteiger partial charge in [-0.1, -0.05) is 87.6 Å². The molecule has 0 spiro atoms. The molecule has 0 aliphatic carbocycles. The molecule has 0 aliphatic heterocycles. The summed E-state index contributed by atoms with van der Waals surface area (Å²) in [5.74, 6) is 0.575. The summed E-state index contributed by atoms with van der Waals surface area (Å²) in [6, 6.07) is 17.9. The molecule has 0 unspecified atom stereocenters. The fourth-order valence-electron chi connectivity index (χ4n) is 4.11. The van der Waals surface area contributed by atoms with Crippen molar-refractivity contribution in [2.75, 3.05) is 6.54 Å². The van der Waals surface area contributed by atoms with E-state index < -0.39 is 0 Å². The van der Waals surface area contributed by atoms with Crippen LogP contribution in [0.5, 0.6) is 0 Å². The van der Waals surface area contributed by atoms with Crippen LogP contribution in [0.2, 0.25) is 0 Å². The monoisotopic (exact) mass is 414 g/mol. The highest BCUT2D eigenvalue weighted by Crippen LogP contribution is 2.18. The number of unbranched alkanes of at least 4 members (excludes halogenated alkanes) is 5. The van der Waals surface area contributed by atoms with Gasteiger partial charge in [0, 0.05) is 24.5 Å². The van der Waals surface area contributed by atoms with Crippen LogP contribution in [0.3, 0.4) is 0 Å². The second-order valence-electron chi connectivity index (χ2n) is 8.05. The van der Waals surface area contributed by atoms with Crippen molar-refractivity contribution in [2.45, 2.75) is 45.4 Å². The zero-order chi connectivity index (χ0) is 21.6. The van der Waals surface area contributed by atoms with Gasteiger partial charge in [-0.3, -0.25) is 9.79 Å². The van der Waals surface area contributed by atoms with Gasteiger partial charge >= 0.3 is 0 Å². The average molecular weight is 415 g/mol. The van der Waals surface area contributed by atoms with E-state index in [1.807, 2.05) is 60.1 Å². The Kier molecular flexibility index (Phi) is 6.60. The van der Waals surface area contributed by atoms with E-state index in [2.05, 4.69) is 18.0 Å². The summed E-state index contributed by atoms with van der Waals surface area (Å²) in [4.78, 5) is 26.0. The van der Waals surface area contributed by atoms with Crippen LogP contribution in [-0.4, -0.2) is 21.1 Å². The van der Waals surface area contributed by atoms with Crippen LogP contribution in [0.1, 0.15) is 45.4 Å². The molecule has 4 aromatic rings. The van der Waals surface area contributed by atoms with Gasteiger partial charge in [-0.2, -0.15) is 0 Å². The van der Waals surface area contributed by atoms with Crippen molar-refractivity contribution in [1.82, 2.24) is 14.5 Å². The molecular formula is C26H30N4O. The number of benzene rings is 2. The van der Waals surface area contributed by atoms with Crippen LogP contribution in [0, 0.1) is 0 Å². The number of fused-ring (bicyclic) bond motifs is 2. The number of rotatable bonds is 8. The minimum absolute atomic E-state index is 0.146. The van der Waals surface area contributed by atoms with Crippen molar-refractivity contribution < 1.29 is 0 Å². The van der Waals surface area contributed by atoms with Crippen LogP contribution in [0.4, 0.5) is 0 Å². The van der Waals surface area contributed by atoms with Crippen molar-refractivity contribution in [2.24, 2.45) is 12.0 Å². The Balaban J connectivity index is 1.83. The first kappa shape index (κ1) is 21.0. The number of hydrogen-bond acceptors (Lipinski definition) is 3. The van der Waals surface area contributed by atoms with E-state index in [-0.39, 0.29) is 5.56 Å². The van der Waals surface area contributed by atoms with Gasteiger partial charge in [0.15, 0.2) is 0 Å². The number of aryl methyl sites for hydroxylation is 1. The molecule has 1 N–H and O–H groups in total. The Morgan fingerprint density at radius 1 is 0.935 bits per heavy atom. The molecule has 2 aromatic heterocycles. The van der Waals surface area contributed by atoms with Crippen molar-refractivity contribution in [3.05, 3.63) is 70.3 Å². The number of nitrogens with zero attached hydrogens (tertiary/aromatic N) is 3. The highest BCUT2D eigenvalue weighted by Gasteiger charge is 2.13. The fourth-order valence-corrected chi connectivity index (χ4v) is 4.11. The highest BCUT2D eigenvalue weighted by atomic mass is 16.1. The number of para-hydroxylation sites is 1. The van der Waals surface area contributed by atoms with Crippen LogP contribution in [0.25, 0.3) is 33.3 Å². The maximum absolute atomic E-state index is 13.2. The summed E-state index contributed by atoms with van der Waals surface area (Å²) in [6.45, 7) is 2.95. The predicted molar refractivity (Wildman–Crippen MR) is 128 cm³/mol. The highest BCUT2D eigenvalue weighted by molar-refractivity contribution is 5.91. The molecule has 0 aliphatic rings. The van der Waals surface area contributed by atoms with Crippen LogP contribution < -0.4 is 10.9 Å². The third-order valence-corrected chi connectivity index (χ3v) is 5.80. The smallest absolute Gasteiger partial charge is 0.262 e. The van der Waals surface area contributed by atoms with Gasteiger partial charge in [0.25, 0.3) is 5.56 Å². The number of nitrogens with one attached hydrogen (secondary N) is 1. The van der Waals surface area contributed by atoms with Gasteiger partial charge < -0.3 is 9.55 Å². The lowest BCUT2D eigenvalue weighted by Crippen LogP contribution is -2.23. The molecule has 4 rings (SSSR count). The number of H-pyrrole nitrogens is 1. The topological polar surface area (TPSA) is 63.0 Å². The summed E-state index contributed by atoms with van der Waals surface area (Å²) >= 11 is 0. The lowest BCUT2D eigenvalue weighted by Gasteiger charge is -2.12. The van der Waals surface area contributed by atoms with Gasteiger partial charge in [-0.15, -0.1) is 0 Å². The summed E-state index contributed by atoms with van der Waals surface area (Å²) in [6.07, 6.45) is 7.30. The number of hydrogen-bond donors (Lipinski definition) is 1. The fraction of sp³-hybridized carbons (Fsp3) is 0.346. The molecule has 5 nitrogen and oxygen atoms in total. The molecule has 0 radical (unpaired) electrons. The molecule has 0 bridgehead atoms. The average Bonchev–Trinajstić information content (AvgIpc) is 2.81. The maximum Gasteiger partial charge on any atom is 0.262 e. The lowest BCUT2D eigenvalue weighted by atomic mass is 10.1. The van der Waals surface area contributed by atoms with Crippen LogP contribution in [0.15, 0.2) is 64.4 Å². The third kappa shape index (κ3) is 4.46. The Labute approximate surface area is 182 Å². The van der Waals surface area contributed by atoms with E-state index in [1.54, 1.807) is 0 Å². The van der Waals surface area contributed by atoms with Crippen LogP contribution >= 0.6 is 0 Å². The Bertz CT molecular complexity index is 1300. The molecule has 2 aromatic carbocycles. The van der Waals surface area contributed by atoms with Crippen molar-refractivity contribution in [3.63, 3.8) is 0 Å². The molecule has 0 saturated heterocycles. The first-order valence-corrected chi connectivity index (χ1v) is 11.3. The quantitative estimate of drug-likeness (QED) is 0.312. The van der Waals surface area contributed by atoms with E-state index in [0.717, 1.165) is 34.8 Å². The van der Waals surface area contributed by atoms with Crippen molar-refractivity contribution >= 4 is 21.9 Å². The first-order chi connectivity index (χ1) is 15.2. The molecule has 31 heavy (non-hydrogen) atoms. The van der Waals surface area contributed by atoms with E-state index in [4.69, 9.17) is 9.98 Å². The Hall–Kier alpha value is -3.21. The predicted octanol–water partition coefficient (Wildman–Crippen LogP) is 5.34. The normalized spacial score (nSPS) is 12.1. The third-order valence-electron chi connectivity index (χ3n) is 5.80. The van der Waals surface area contributed by atoms with E-state index in [0.29, 0.717) is 16.9 Å².